The fraction of sp³-hybridized carbons (Fsp3) is 0.455. The summed E-state index contributed by atoms with van der Waals surface area (Å²) in [6.45, 7) is 5.73. The van der Waals surface area contributed by atoms with Gasteiger partial charge in [0.1, 0.15) is 12.4 Å². The molecule has 3 heteroatoms. The van der Waals surface area contributed by atoms with Gasteiger partial charge in [-0.1, -0.05) is 11.6 Å². The Balaban J connectivity index is 2.64. The van der Waals surface area contributed by atoms with Crippen molar-refractivity contribution in [2.75, 3.05) is 25.1 Å². The second-order valence-electron chi connectivity index (χ2n) is 3.75. The Morgan fingerprint density at radius 3 is 2.86 bits per heavy atom. The summed E-state index contributed by atoms with van der Waals surface area (Å²) in [4.78, 5) is 2.19. The van der Waals surface area contributed by atoms with Crippen molar-refractivity contribution in [3.05, 3.63) is 22.2 Å². The molecule has 1 aromatic rings. The molecule has 0 bridgehead atoms. The molecule has 76 valence electrons. The van der Waals surface area contributed by atoms with Crippen LogP contribution in [0, 0.1) is 13.8 Å². The number of nitrogens with zero attached hydrogens (tertiary/aromatic N) is 1. The number of likely N-dealkylation sites (N-methyl/N-ethyl adjacent to an activating group) is 1. The number of aryl methyl sites for hydroxylation is 1. The summed E-state index contributed by atoms with van der Waals surface area (Å²) >= 11 is 6.20. The highest BCUT2D eigenvalue weighted by atomic mass is 35.5. The number of ether oxygens (including phenoxy) is 1. The van der Waals surface area contributed by atoms with Crippen molar-refractivity contribution >= 4 is 17.3 Å². The molecule has 1 aliphatic rings. The van der Waals surface area contributed by atoms with Crippen LogP contribution in [0.1, 0.15) is 11.1 Å². The van der Waals surface area contributed by atoms with Crippen LogP contribution in [0.25, 0.3) is 0 Å². The molecular formula is C11H14ClNO. The van der Waals surface area contributed by atoms with Crippen molar-refractivity contribution in [2.24, 2.45) is 0 Å². The lowest BCUT2D eigenvalue weighted by Gasteiger charge is -2.30. The molecule has 0 atom stereocenters. The topological polar surface area (TPSA) is 12.5 Å². The highest BCUT2D eigenvalue weighted by Crippen LogP contribution is 2.39. The molecule has 0 fully saturated rings. The molecule has 0 amide bonds. The molecule has 0 saturated carbocycles. The molecule has 1 aliphatic heterocycles. The van der Waals surface area contributed by atoms with Crippen LogP contribution < -0.4 is 9.64 Å². The summed E-state index contributed by atoms with van der Waals surface area (Å²) < 4.78 is 5.61. The van der Waals surface area contributed by atoms with Crippen LogP contribution in [-0.2, 0) is 0 Å². The van der Waals surface area contributed by atoms with E-state index in [1.807, 2.05) is 19.9 Å². The van der Waals surface area contributed by atoms with E-state index < -0.39 is 0 Å². The summed E-state index contributed by atoms with van der Waals surface area (Å²) in [6, 6.07) is 2.01. The number of hydrogen-bond acceptors (Lipinski definition) is 2. The minimum Gasteiger partial charge on any atom is -0.490 e. The van der Waals surface area contributed by atoms with Gasteiger partial charge >= 0.3 is 0 Å². The quantitative estimate of drug-likeness (QED) is 0.655. The highest BCUT2D eigenvalue weighted by molar-refractivity contribution is 6.32. The van der Waals surface area contributed by atoms with Gasteiger partial charge in [0.05, 0.1) is 12.2 Å². The van der Waals surface area contributed by atoms with Gasteiger partial charge in [0.2, 0.25) is 0 Å². The number of rotatable bonds is 0. The number of anilines is 1. The van der Waals surface area contributed by atoms with E-state index in [-0.39, 0.29) is 0 Å². The number of fused-ring (bicyclic) bond motifs is 1. The average Bonchev–Trinajstić information content (AvgIpc) is 2.14. The zero-order valence-corrected chi connectivity index (χ0v) is 9.48. The van der Waals surface area contributed by atoms with Crippen LogP contribution >= 0.6 is 11.6 Å². The summed E-state index contributed by atoms with van der Waals surface area (Å²) in [5.41, 5.74) is 3.33. The van der Waals surface area contributed by atoms with Crippen LogP contribution in [0.15, 0.2) is 6.07 Å². The number of halogens is 1. The molecule has 0 saturated heterocycles. The molecule has 1 aromatic carbocycles. The first-order chi connectivity index (χ1) is 6.61. The van der Waals surface area contributed by atoms with Gasteiger partial charge in [-0.2, -0.15) is 0 Å². The standard InChI is InChI=1S/C11H14ClNO/c1-7-6-9-11(8(2)10(7)12)13(3)4-5-14-9/h6H,4-5H2,1-3H3. The van der Waals surface area contributed by atoms with E-state index in [2.05, 4.69) is 11.9 Å². The predicted molar refractivity (Wildman–Crippen MR) is 59.7 cm³/mol. The van der Waals surface area contributed by atoms with Crippen molar-refractivity contribution in [2.45, 2.75) is 13.8 Å². The van der Waals surface area contributed by atoms with E-state index in [1.165, 1.54) is 0 Å². The van der Waals surface area contributed by atoms with Gasteiger partial charge in [0.15, 0.2) is 0 Å². The second kappa shape index (κ2) is 3.35. The normalized spacial score (nSPS) is 15.0. The first-order valence-electron chi connectivity index (χ1n) is 4.75. The summed E-state index contributed by atoms with van der Waals surface area (Å²) in [5, 5.41) is 0.848. The molecule has 1 heterocycles. The Labute approximate surface area is 89.4 Å². The monoisotopic (exact) mass is 211 g/mol. The third-order valence-electron chi connectivity index (χ3n) is 2.68. The van der Waals surface area contributed by atoms with Gasteiger partial charge in [-0.05, 0) is 31.0 Å². The second-order valence-corrected chi connectivity index (χ2v) is 4.13. The maximum Gasteiger partial charge on any atom is 0.143 e. The molecule has 0 spiro atoms. The Kier molecular flexibility index (Phi) is 2.31. The van der Waals surface area contributed by atoms with Gasteiger partial charge in [-0.25, -0.2) is 0 Å². The molecule has 0 unspecified atom stereocenters. The van der Waals surface area contributed by atoms with Crippen molar-refractivity contribution in [3.63, 3.8) is 0 Å². The lowest BCUT2D eigenvalue weighted by Crippen LogP contribution is -2.29. The predicted octanol–water partition coefficient (Wildman–Crippen LogP) is 2.79. The first kappa shape index (κ1) is 9.66. The van der Waals surface area contributed by atoms with Gasteiger partial charge < -0.3 is 9.64 Å². The maximum absolute atomic E-state index is 6.20. The lowest BCUT2D eigenvalue weighted by molar-refractivity contribution is 0.311. The van der Waals surface area contributed by atoms with E-state index in [9.17, 15) is 0 Å². The van der Waals surface area contributed by atoms with Gasteiger partial charge in [-0.3, -0.25) is 0 Å². The third kappa shape index (κ3) is 1.34. The number of hydrogen-bond donors (Lipinski definition) is 0. The summed E-state index contributed by atoms with van der Waals surface area (Å²) in [7, 11) is 2.07. The zero-order valence-electron chi connectivity index (χ0n) is 8.72. The molecule has 0 aliphatic carbocycles. The van der Waals surface area contributed by atoms with Crippen molar-refractivity contribution < 1.29 is 4.74 Å². The van der Waals surface area contributed by atoms with Gasteiger partial charge in [0, 0.05) is 12.1 Å². The van der Waals surface area contributed by atoms with Crippen LogP contribution in [-0.4, -0.2) is 20.2 Å². The van der Waals surface area contributed by atoms with Crippen LogP contribution in [0.4, 0.5) is 5.69 Å². The molecule has 2 nitrogen and oxygen atoms in total. The highest BCUT2D eigenvalue weighted by Gasteiger charge is 2.19. The fourth-order valence-electron chi connectivity index (χ4n) is 1.90. The molecule has 0 radical (unpaired) electrons. The van der Waals surface area contributed by atoms with Crippen molar-refractivity contribution in [1.29, 1.82) is 0 Å². The average molecular weight is 212 g/mol. The summed E-state index contributed by atoms with van der Waals surface area (Å²) in [6.07, 6.45) is 0. The third-order valence-corrected chi connectivity index (χ3v) is 3.26. The van der Waals surface area contributed by atoms with Crippen LogP contribution in [0.5, 0.6) is 5.75 Å². The SMILES string of the molecule is Cc1cc2c(c(C)c1Cl)N(C)CCO2. The van der Waals surface area contributed by atoms with E-state index in [0.717, 1.165) is 40.7 Å². The van der Waals surface area contributed by atoms with Crippen molar-refractivity contribution in [1.82, 2.24) is 0 Å². The largest absolute Gasteiger partial charge is 0.490 e. The van der Waals surface area contributed by atoms with E-state index >= 15 is 0 Å². The molecule has 2 rings (SSSR count). The summed E-state index contributed by atoms with van der Waals surface area (Å²) in [5.74, 6) is 0.957. The Bertz CT molecular complexity index is 376. The van der Waals surface area contributed by atoms with Gasteiger partial charge in [0.25, 0.3) is 0 Å². The Morgan fingerprint density at radius 1 is 1.43 bits per heavy atom. The number of benzene rings is 1. The smallest absolute Gasteiger partial charge is 0.143 e. The van der Waals surface area contributed by atoms with Crippen molar-refractivity contribution in [3.8, 4) is 5.75 Å². The first-order valence-corrected chi connectivity index (χ1v) is 5.12. The van der Waals surface area contributed by atoms with E-state index in [1.54, 1.807) is 0 Å². The van der Waals surface area contributed by atoms with Crippen LogP contribution in [0.2, 0.25) is 5.02 Å². The molecule has 0 aromatic heterocycles. The molecule has 14 heavy (non-hydrogen) atoms. The van der Waals surface area contributed by atoms with Gasteiger partial charge in [-0.15, -0.1) is 0 Å². The molecular weight excluding hydrogens is 198 g/mol. The minimum atomic E-state index is 0.754. The minimum absolute atomic E-state index is 0.754. The Morgan fingerprint density at radius 2 is 2.14 bits per heavy atom. The molecule has 0 N–H and O–H groups in total. The fourth-order valence-corrected chi connectivity index (χ4v) is 2.05. The zero-order chi connectivity index (χ0) is 10.3. The van der Waals surface area contributed by atoms with E-state index in [4.69, 9.17) is 16.3 Å². The Hall–Kier alpha value is -0.890. The maximum atomic E-state index is 6.20. The van der Waals surface area contributed by atoms with E-state index in [0.29, 0.717) is 0 Å². The lowest BCUT2D eigenvalue weighted by atomic mass is 10.1. The van der Waals surface area contributed by atoms with Crippen LogP contribution in [0.3, 0.4) is 0 Å².